The summed E-state index contributed by atoms with van der Waals surface area (Å²) in [6.45, 7) is 2.76. The van der Waals surface area contributed by atoms with Crippen LogP contribution in [-0.2, 0) is 4.79 Å². The Labute approximate surface area is 120 Å². The molecule has 6 nitrogen and oxygen atoms in total. The minimum atomic E-state index is -0.765. The molecule has 1 aliphatic heterocycles. The van der Waals surface area contributed by atoms with Gasteiger partial charge in [-0.05, 0) is 13.0 Å². The maximum Gasteiger partial charge on any atom is 0.305 e. The number of aromatic nitrogens is 3. The van der Waals surface area contributed by atoms with Crippen LogP contribution in [0.5, 0.6) is 0 Å². The molecule has 0 radical (unpaired) electrons. The van der Waals surface area contributed by atoms with Crippen molar-refractivity contribution in [1.29, 1.82) is 0 Å². The molecule has 1 N–H and O–H groups in total. The topological polar surface area (TPSA) is 70.7 Å². The number of fused-ring (bicyclic) bond motifs is 1. The van der Waals surface area contributed by atoms with Gasteiger partial charge in [0.15, 0.2) is 5.82 Å². The summed E-state index contributed by atoms with van der Waals surface area (Å²) in [7, 11) is 0. The Morgan fingerprint density at radius 1 is 1.60 bits per heavy atom. The first-order chi connectivity index (χ1) is 9.65. The average Bonchev–Trinajstić information content (AvgIpc) is 2.79. The van der Waals surface area contributed by atoms with Gasteiger partial charge < -0.3 is 10.0 Å². The van der Waals surface area contributed by atoms with E-state index in [9.17, 15) is 4.79 Å². The molecule has 1 atom stereocenters. The number of nitrogens with zero attached hydrogens (tertiary/aromatic N) is 4. The summed E-state index contributed by atoms with van der Waals surface area (Å²) in [5.41, 5.74) is 1.87. The van der Waals surface area contributed by atoms with Gasteiger partial charge in [-0.1, -0.05) is 0 Å². The van der Waals surface area contributed by atoms with Crippen LogP contribution in [0.25, 0.3) is 5.52 Å². The van der Waals surface area contributed by atoms with Crippen molar-refractivity contribution in [3.8, 4) is 0 Å². The number of thioether (sulfide) groups is 1. The van der Waals surface area contributed by atoms with E-state index >= 15 is 0 Å². The first kappa shape index (κ1) is 13.2. The van der Waals surface area contributed by atoms with Crippen LogP contribution in [0.4, 0.5) is 5.82 Å². The van der Waals surface area contributed by atoms with Crippen molar-refractivity contribution in [3.63, 3.8) is 0 Å². The predicted molar refractivity (Wildman–Crippen MR) is 78.4 cm³/mol. The Hall–Kier alpha value is -1.76. The van der Waals surface area contributed by atoms with Crippen molar-refractivity contribution >= 4 is 29.1 Å². The maximum absolute atomic E-state index is 11.0. The van der Waals surface area contributed by atoms with Crippen LogP contribution in [0, 0.1) is 6.92 Å². The molecule has 0 saturated carbocycles. The fourth-order valence-corrected chi connectivity index (χ4v) is 3.62. The number of aryl methyl sites for hydroxylation is 1. The first-order valence-corrected chi connectivity index (χ1v) is 7.68. The number of rotatable bonds is 3. The Morgan fingerprint density at radius 3 is 3.25 bits per heavy atom. The molecule has 1 saturated heterocycles. The highest BCUT2D eigenvalue weighted by Gasteiger charge is 2.27. The van der Waals surface area contributed by atoms with E-state index < -0.39 is 5.97 Å². The van der Waals surface area contributed by atoms with Gasteiger partial charge in [0, 0.05) is 36.5 Å². The van der Waals surface area contributed by atoms with E-state index in [1.54, 1.807) is 22.5 Å². The number of hydrogen-bond donors (Lipinski definition) is 1. The van der Waals surface area contributed by atoms with Crippen LogP contribution in [0.1, 0.15) is 12.1 Å². The van der Waals surface area contributed by atoms with E-state index in [2.05, 4.69) is 15.0 Å². The van der Waals surface area contributed by atoms with E-state index in [4.69, 9.17) is 5.11 Å². The molecule has 3 rings (SSSR count). The molecule has 1 unspecified atom stereocenters. The molecule has 0 aliphatic carbocycles. The quantitative estimate of drug-likeness (QED) is 0.923. The lowest BCUT2D eigenvalue weighted by Gasteiger charge is -2.35. The minimum absolute atomic E-state index is 0.0137. The monoisotopic (exact) mass is 292 g/mol. The number of aliphatic carboxylic acids is 1. The molecule has 0 aromatic carbocycles. The van der Waals surface area contributed by atoms with Crippen LogP contribution in [-0.4, -0.2) is 49.8 Å². The summed E-state index contributed by atoms with van der Waals surface area (Å²) in [5, 5.41) is 13.5. The highest BCUT2D eigenvalue weighted by molar-refractivity contribution is 7.99. The zero-order valence-electron chi connectivity index (χ0n) is 11.2. The number of anilines is 1. The second-order valence-corrected chi connectivity index (χ2v) is 6.04. The van der Waals surface area contributed by atoms with E-state index in [-0.39, 0.29) is 12.5 Å². The van der Waals surface area contributed by atoms with Crippen LogP contribution in [0.3, 0.4) is 0 Å². The van der Waals surface area contributed by atoms with Gasteiger partial charge in [0.25, 0.3) is 0 Å². The third-order valence-corrected chi connectivity index (χ3v) is 4.49. The first-order valence-electron chi connectivity index (χ1n) is 6.52. The van der Waals surface area contributed by atoms with Gasteiger partial charge in [-0.2, -0.15) is 16.9 Å². The fourth-order valence-electron chi connectivity index (χ4n) is 2.56. The number of hydrogen-bond acceptors (Lipinski definition) is 5. The Kier molecular flexibility index (Phi) is 3.52. The molecule has 20 heavy (non-hydrogen) atoms. The van der Waals surface area contributed by atoms with Gasteiger partial charge in [-0.25, -0.2) is 9.50 Å². The highest BCUT2D eigenvalue weighted by atomic mass is 32.2. The minimum Gasteiger partial charge on any atom is -0.481 e. The van der Waals surface area contributed by atoms with Crippen molar-refractivity contribution in [2.45, 2.75) is 19.4 Å². The second kappa shape index (κ2) is 5.32. The van der Waals surface area contributed by atoms with Gasteiger partial charge >= 0.3 is 5.97 Å². The summed E-state index contributed by atoms with van der Waals surface area (Å²) in [6, 6.07) is 1.97. The Balaban J connectivity index is 2.00. The van der Waals surface area contributed by atoms with Crippen molar-refractivity contribution in [2.24, 2.45) is 0 Å². The van der Waals surface area contributed by atoms with Crippen molar-refractivity contribution in [3.05, 3.63) is 24.2 Å². The fraction of sp³-hybridized carbons (Fsp3) is 0.462. The van der Waals surface area contributed by atoms with E-state index in [1.165, 1.54) is 0 Å². The van der Waals surface area contributed by atoms with E-state index in [0.717, 1.165) is 35.1 Å². The zero-order valence-corrected chi connectivity index (χ0v) is 12.0. The molecule has 7 heteroatoms. The molecule has 106 valence electrons. The predicted octanol–water partition coefficient (Wildman–Crippen LogP) is 1.43. The zero-order chi connectivity index (χ0) is 14.1. The molecule has 1 fully saturated rings. The molecule has 2 aromatic rings. The Morgan fingerprint density at radius 2 is 2.45 bits per heavy atom. The van der Waals surface area contributed by atoms with Crippen molar-refractivity contribution < 1.29 is 9.90 Å². The van der Waals surface area contributed by atoms with Gasteiger partial charge in [-0.15, -0.1) is 0 Å². The molecule has 0 bridgehead atoms. The second-order valence-electron chi connectivity index (χ2n) is 4.89. The van der Waals surface area contributed by atoms with Crippen molar-refractivity contribution in [2.75, 3.05) is 23.0 Å². The lowest BCUT2D eigenvalue weighted by atomic mass is 10.2. The Bertz CT molecular complexity index is 642. The molecule has 0 spiro atoms. The number of carbonyl (C=O) groups is 1. The highest BCUT2D eigenvalue weighted by Crippen LogP contribution is 2.27. The molecular formula is C13H16N4O2S. The third kappa shape index (κ3) is 2.45. The van der Waals surface area contributed by atoms with Crippen LogP contribution < -0.4 is 4.90 Å². The van der Waals surface area contributed by atoms with Gasteiger partial charge in [0.2, 0.25) is 0 Å². The molecule has 1 aliphatic rings. The smallest absolute Gasteiger partial charge is 0.305 e. The molecule has 0 amide bonds. The molecule has 2 aromatic heterocycles. The summed E-state index contributed by atoms with van der Waals surface area (Å²) in [5.74, 6) is 1.88. The largest absolute Gasteiger partial charge is 0.481 e. The summed E-state index contributed by atoms with van der Waals surface area (Å²) < 4.78 is 1.80. The maximum atomic E-state index is 11.0. The standard InChI is InChI=1S/C13H16N4O2S/c1-9-6-11-13(14-2-3-17(11)15-9)16-4-5-20-8-10(16)7-12(18)19/h2-3,6,10H,4-5,7-8H2,1H3,(H,18,19). The lowest BCUT2D eigenvalue weighted by molar-refractivity contribution is -0.137. The van der Waals surface area contributed by atoms with Crippen molar-refractivity contribution in [1.82, 2.24) is 14.6 Å². The summed E-state index contributed by atoms with van der Waals surface area (Å²) in [4.78, 5) is 17.6. The van der Waals surface area contributed by atoms with Crippen LogP contribution >= 0.6 is 11.8 Å². The third-order valence-electron chi connectivity index (χ3n) is 3.40. The van der Waals surface area contributed by atoms with Gasteiger partial charge in [0.05, 0.1) is 12.1 Å². The van der Waals surface area contributed by atoms with Gasteiger partial charge in [-0.3, -0.25) is 4.79 Å². The molecular weight excluding hydrogens is 276 g/mol. The molecule has 3 heterocycles. The van der Waals surface area contributed by atoms with E-state index in [1.807, 2.05) is 19.2 Å². The van der Waals surface area contributed by atoms with Crippen LogP contribution in [0.15, 0.2) is 18.5 Å². The lowest BCUT2D eigenvalue weighted by Crippen LogP contribution is -2.44. The normalized spacial score (nSPS) is 19.4. The SMILES string of the molecule is Cc1cc2c(N3CCSCC3CC(=O)O)nccn2n1. The average molecular weight is 292 g/mol. The summed E-state index contributed by atoms with van der Waals surface area (Å²) in [6.07, 6.45) is 3.67. The summed E-state index contributed by atoms with van der Waals surface area (Å²) >= 11 is 1.80. The van der Waals surface area contributed by atoms with Crippen LogP contribution in [0.2, 0.25) is 0 Å². The van der Waals surface area contributed by atoms with Gasteiger partial charge in [0.1, 0.15) is 5.52 Å². The number of carboxylic acids is 1. The number of carboxylic acid groups (broad SMARTS) is 1. The van der Waals surface area contributed by atoms with E-state index in [0.29, 0.717) is 0 Å².